The van der Waals surface area contributed by atoms with Gasteiger partial charge in [0.05, 0.1) is 23.1 Å². The molecular formula is C25H26N4O2. The van der Waals surface area contributed by atoms with E-state index >= 15 is 0 Å². The summed E-state index contributed by atoms with van der Waals surface area (Å²) in [6, 6.07) is 7.58. The maximum absolute atomic E-state index is 13.7. The Kier molecular flexibility index (Phi) is 4.42. The molecule has 1 unspecified atom stereocenters. The molecule has 0 spiro atoms. The summed E-state index contributed by atoms with van der Waals surface area (Å²) in [4.78, 5) is 32.1. The zero-order valence-electron chi connectivity index (χ0n) is 18.1. The molecule has 3 aliphatic rings. The summed E-state index contributed by atoms with van der Waals surface area (Å²) < 4.78 is 0. The number of benzene rings is 1. The first-order chi connectivity index (χ1) is 14.8. The first kappa shape index (κ1) is 19.8. The van der Waals surface area contributed by atoms with Crippen molar-refractivity contribution in [2.45, 2.75) is 32.6 Å². The smallest absolute Gasteiger partial charge is 0.191 e. The monoisotopic (exact) mass is 414 g/mol. The number of nitriles is 1. The lowest BCUT2D eigenvalue weighted by atomic mass is 9.66. The molecule has 1 fully saturated rings. The Labute approximate surface area is 181 Å². The largest absolute Gasteiger partial charge is 0.372 e. The van der Waals surface area contributed by atoms with Gasteiger partial charge in [-0.05, 0) is 37.1 Å². The predicted molar refractivity (Wildman–Crippen MR) is 119 cm³/mol. The zero-order chi connectivity index (χ0) is 21.9. The van der Waals surface area contributed by atoms with E-state index in [9.17, 15) is 14.9 Å². The number of Topliss-reactive ketones (excluding diaryl/α,β-unsaturated/α-hetero) is 2. The highest BCUT2D eigenvalue weighted by molar-refractivity contribution is 6.20. The number of hydrogen-bond donors (Lipinski definition) is 2. The molecule has 2 N–H and O–H groups in total. The third kappa shape index (κ3) is 2.88. The van der Waals surface area contributed by atoms with Crippen LogP contribution in [0.25, 0.3) is 10.9 Å². The van der Waals surface area contributed by atoms with Crippen LogP contribution in [-0.2, 0) is 10.2 Å². The summed E-state index contributed by atoms with van der Waals surface area (Å²) in [6.45, 7) is 9.41. The van der Waals surface area contributed by atoms with Gasteiger partial charge in [-0.3, -0.25) is 9.59 Å². The predicted octanol–water partition coefficient (Wildman–Crippen LogP) is 3.21. The Hall–Kier alpha value is -3.17. The van der Waals surface area contributed by atoms with Crippen LogP contribution in [0.15, 0.2) is 41.1 Å². The Bertz CT molecular complexity index is 1230. The van der Waals surface area contributed by atoms with E-state index in [-0.39, 0.29) is 17.5 Å². The lowest BCUT2D eigenvalue weighted by molar-refractivity contribution is -0.120. The average molecular weight is 415 g/mol. The highest BCUT2D eigenvalue weighted by atomic mass is 16.1. The third-order valence-electron chi connectivity index (χ3n) is 7.08. The maximum Gasteiger partial charge on any atom is 0.191 e. The van der Waals surface area contributed by atoms with Crippen LogP contribution in [0, 0.1) is 17.2 Å². The molecule has 0 amide bonds. The third-order valence-corrected chi connectivity index (χ3v) is 7.08. The summed E-state index contributed by atoms with van der Waals surface area (Å²) in [7, 11) is 0. The van der Waals surface area contributed by atoms with Gasteiger partial charge in [-0.2, -0.15) is 5.26 Å². The highest BCUT2D eigenvalue weighted by Gasteiger charge is 2.44. The Morgan fingerprint density at radius 2 is 2.00 bits per heavy atom. The first-order valence-electron chi connectivity index (χ1n) is 10.8. The summed E-state index contributed by atoms with van der Waals surface area (Å²) in [6.07, 6.45) is 2.56. The molecule has 5 rings (SSSR count). The number of nitrogens with zero attached hydrogens (tertiary/aromatic N) is 2. The van der Waals surface area contributed by atoms with Crippen molar-refractivity contribution in [2.75, 3.05) is 26.2 Å². The SMILES string of the molecule is CC(=O)C1CC2=C(C=C1N1CCNCC1)C(C)(C)c1[nH]c3cc(C#N)ccc3c1C2=O. The first-order valence-corrected chi connectivity index (χ1v) is 10.8. The minimum Gasteiger partial charge on any atom is -0.372 e. The Morgan fingerprint density at radius 3 is 2.68 bits per heavy atom. The standard InChI is InChI=1S/C25H26N4O2/c1-14(30)17-11-18-19(12-21(17)29-8-6-27-7-9-29)25(2,3)24-22(23(18)31)16-5-4-15(13-26)10-20(16)28-24/h4-5,10,12,17,27-28H,6-9,11H2,1-3H3. The van der Waals surface area contributed by atoms with E-state index in [1.54, 1.807) is 19.1 Å². The van der Waals surface area contributed by atoms with Crippen molar-refractivity contribution >= 4 is 22.5 Å². The summed E-state index contributed by atoms with van der Waals surface area (Å²) in [5.74, 6) is -0.180. The molecule has 2 aliphatic carbocycles. The van der Waals surface area contributed by atoms with Gasteiger partial charge in [0.1, 0.15) is 5.78 Å². The van der Waals surface area contributed by atoms with Gasteiger partial charge in [0, 0.05) is 59.5 Å². The van der Waals surface area contributed by atoms with Crippen LogP contribution in [0.2, 0.25) is 0 Å². The van der Waals surface area contributed by atoms with Gasteiger partial charge < -0.3 is 15.2 Å². The molecule has 1 atom stereocenters. The summed E-state index contributed by atoms with van der Waals surface area (Å²) >= 11 is 0. The number of fused-ring (bicyclic) bond motifs is 3. The number of allylic oxidation sites excluding steroid dienone is 4. The van der Waals surface area contributed by atoms with E-state index < -0.39 is 5.41 Å². The molecule has 0 radical (unpaired) electrons. The molecule has 31 heavy (non-hydrogen) atoms. The molecule has 6 heteroatoms. The van der Waals surface area contributed by atoms with E-state index in [0.717, 1.165) is 59.6 Å². The quantitative estimate of drug-likeness (QED) is 0.788. The van der Waals surface area contributed by atoms with Crippen molar-refractivity contribution in [3.05, 3.63) is 57.9 Å². The van der Waals surface area contributed by atoms with Crippen molar-refractivity contribution in [1.82, 2.24) is 15.2 Å². The number of carbonyl (C=O) groups is 2. The van der Waals surface area contributed by atoms with Crippen LogP contribution in [0.1, 0.15) is 48.8 Å². The van der Waals surface area contributed by atoms with Crippen molar-refractivity contribution in [3.8, 4) is 6.07 Å². The maximum atomic E-state index is 13.7. The second-order valence-electron chi connectivity index (χ2n) is 9.27. The molecule has 1 aromatic carbocycles. The van der Waals surface area contributed by atoms with Gasteiger partial charge in [-0.15, -0.1) is 0 Å². The molecule has 1 aromatic heterocycles. The molecule has 158 valence electrons. The molecule has 2 heterocycles. The minimum atomic E-state index is -0.411. The van der Waals surface area contributed by atoms with Gasteiger partial charge in [0.15, 0.2) is 5.78 Å². The van der Waals surface area contributed by atoms with Crippen LogP contribution in [0.5, 0.6) is 0 Å². The Morgan fingerprint density at radius 1 is 1.26 bits per heavy atom. The molecule has 0 saturated carbocycles. The fourth-order valence-electron chi connectivity index (χ4n) is 5.37. The second kappa shape index (κ2) is 6.93. The van der Waals surface area contributed by atoms with Gasteiger partial charge in [-0.1, -0.05) is 19.9 Å². The van der Waals surface area contributed by atoms with Crippen LogP contribution in [0.4, 0.5) is 0 Å². The van der Waals surface area contributed by atoms with Crippen LogP contribution in [-0.4, -0.2) is 47.6 Å². The second-order valence-corrected chi connectivity index (χ2v) is 9.27. The van der Waals surface area contributed by atoms with Crippen molar-refractivity contribution < 1.29 is 9.59 Å². The van der Waals surface area contributed by atoms with Gasteiger partial charge >= 0.3 is 0 Å². The lowest BCUT2D eigenvalue weighted by Gasteiger charge is -2.42. The van der Waals surface area contributed by atoms with Crippen LogP contribution in [0.3, 0.4) is 0 Å². The van der Waals surface area contributed by atoms with Crippen molar-refractivity contribution in [2.24, 2.45) is 5.92 Å². The highest BCUT2D eigenvalue weighted by Crippen LogP contribution is 2.48. The molecule has 0 bridgehead atoms. The van der Waals surface area contributed by atoms with E-state index in [0.29, 0.717) is 17.5 Å². The average Bonchev–Trinajstić information content (AvgIpc) is 3.17. The lowest BCUT2D eigenvalue weighted by Crippen LogP contribution is -2.46. The number of aromatic amines is 1. The number of hydrogen-bond acceptors (Lipinski definition) is 5. The Balaban J connectivity index is 1.69. The van der Waals surface area contributed by atoms with Gasteiger partial charge in [-0.25, -0.2) is 0 Å². The van der Waals surface area contributed by atoms with E-state index in [1.807, 2.05) is 6.07 Å². The van der Waals surface area contributed by atoms with Gasteiger partial charge in [0.2, 0.25) is 0 Å². The topological polar surface area (TPSA) is 89.0 Å². The van der Waals surface area contributed by atoms with Crippen LogP contribution < -0.4 is 5.32 Å². The molecule has 6 nitrogen and oxygen atoms in total. The van der Waals surface area contributed by atoms with E-state index in [4.69, 9.17) is 0 Å². The number of ketones is 2. The molecule has 2 aromatic rings. The molecule has 1 saturated heterocycles. The van der Waals surface area contributed by atoms with Crippen molar-refractivity contribution in [1.29, 1.82) is 5.26 Å². The summed E-state index contributed by atoms with van der Waals surface area (Å²) in [5.41, 5.74) is 5.32. The summed E-state index contributed by atoms with van der Waals surface area (Å²) in [5, 5.41) is 13.5. The normalized spacial score (nSPS) is 22.6. The number of carbonyl (C=O) groups excluding carboxylic acids is 2. The van der Waals surface area contributed by atoms with Crippen LogP contribution >= 0.6 is 0 Å². The van der Waals surface area contributed by atoms with E-state index in [1.165, 1.54) is 0 Å². The fraction of sp³-hybridized carbons (Fsp3) is 0.400. The minimum absolute atomic E-state index is 0.00198. The number of piperazine rings is 1. The zero-order valence-corrected chi connectivity index (χ0v) is 18.1. The van der Waals surface area contributed by atoms with Gasteiger partial charge in [0.25, 0.3) is 0 Å². The number of aromatic nitrogens is 1. The molecular weight excluding hydrogens is 388 g/mol. The number of H-pyrrole nitrogens is 1. The number of nitrogens with one attached hydrogen (secondary N) is 2. The van der Waals surface area contributed by atoms with Crippen molar-refractivity contribution in [3.63, 3.8) is 0 Å². The number of rotatable bonds is 2. The van der Waals surface area contributed by atoms with E-state index in [2.05, 4.69) is 41.2 Å². The fourth-order valence-corrected chi connectivity index (χ4v) is 5.37. The molecule has 1 aliphatic heterocycles.